The van der Waals surface area contributed by atoms with Crippen molar-refractivity contribution in [2.75, 3.05) is 0 Å². The highest BCUT2D eigenvalue weighted by atomic mass is 31.2. The average Bonchev–Trinajstić information content (AvgIpc) is 3.77. The molecule has 3 aliphatic heterocycles. The Kier molecular flexibility index (Phi) is 7.96. The minimum atomic E-state index is -3.62. The third kappa shape index (κ3) is 5.88. The normalized spacial score (nSPS) is 14.1. The standard InChI is InChI=1S/C42H21O13P/c43-37-31-16-7-25(19-34(31)40(46)53-37)50-22-1-10-28(11-2-22)56(49,29-12-3-23(4-13-29)51-26-8-17-32-35(20-26)41(47)54-38(32)44)30-14-5-24(6-15-30)52-27-9-18-33-36(21-27)42(48)55-39(33)45/h1-21H. The van der Waals surface area contributed by atoms with Crippen molar-refractivity contribution in [3.05, 3.63) is 161 Å². The number of fused-ring (bicyclic) bond motifs is 3. The number of cyclic esters (lactones) is 6. The maximum absolute atomic E-state index is 15.4. The van der Waals surface area contributed by atoms with Gasteiger partial charge in [0.15, 0.2) is 7.14 Å². The predicted molar refractivity (Wildman–Crippen MR) is 195 cm³/mol. The number of carbonyl (C=O) groups is 6. The van der Waals surface area contributed by atoms with Crippen LogP contribution in [0.5, 0.6) is 34.5 Å². The number of carbonyl (C=O) groups excluding carboxylic acids is 6. The molecule has 0 bridgehead atoms. The van der Waals surface area contributed by atoms with E-state index in [1.807, 2.05) is 0 Å². The zero-order chi connectivity index (χ0) is 38.7. The van der Waals surface area contributed by atoms with E-state index in [1.54, 1.807) is 72.8 Å². The monoisotopic (exact) mass is 764 g/mol. The number of ether oxygens (including phenoxy) is 6. The Hall–Kier alpha value is -7.63. The minimum absolute atomic E-state index is 0.0936. The van der Waals surface area contributed by atoms with Crippen LogP contribution in [0.3, 0.4) is 0 Å². The molecule has 0 saturated carbocycles. The summed E-state index contributed by atoms with van der Waals surface area (Å²) in [4.78, 5) is 71.7. The molecule has 272 valence electrons. The summed E-state index contributed by atoms with van der Waals surface area (Å²) in [6, 6.07) is 32.9. The summed E-state index contributed by atoms with van der Waals surface area (Å²) in [6.07, 6.45) is 0. The maximum Gasteiger partial charge on any atom is 0.347 e. The fourth-order valence-electron chi connectivity index (χ4n) is 6.41. The van der Waals surface area contributed by atoms with E-state index in [4.69, 9.17) is 14.2 Å². The lowest BCUT2D eigenvalue weighted by Crippen LogP contribution is -2.25. The van der Waals surface area contributed by atoms with Crippen molar-refractivity contribution in [3.63, 3.8) is 0 Å². The van der Waals surface area contributed by atoms with Gasteiger partial charge in [-0.15, -0.1) is 0 Å². The van der Waals surface area contributed by atoms with E-state index in [1.165, 1.54) is 54.6 Å². The second-order valence-corrected chi connectivity index (χ2v) is 15.3. The summed E-state index contributed by atoms with van der Waals surface area (Å²) in [5.41, 5.74) is 0.721. The zero-order valence-electron chi connectivity index (χ0n) is 28.4. The van der Waals surface area contributed by atoms with Crippen LogP contribution in [0.2, 0.25) is 0 Å². The quantitative estimate of drug-likeness (QED) is 0.0664. The second kappa shape index (κ2) is 13.0. The van der Waals surface area contributed by atoms with Crippen LogP contribution in [0.1, 0.15) is 62.1 Å². The topological polar surface area (TPSA) is 175 Å². The number of hydrogen-bond donors (Lipinski definition) is 0. The Morgan fingerprint density at radius 2 is 0.536 bits per heavy atom. The molecule has 0 unspecified atom stereocenters. The first-order chi connectivity index (χ1) is 27.0. The molecular weight excluding hydrogens is 743 g/mol. The van der Waals surface area contributed by atoms with Gasteiger partial charge in [0.1, 0.15) is 34.5 Å². The van der Waals surface area contributed by atoms with Gasteiger partial charge in [0.25, 0.3) is 0 Å². The molecule has 0 fully saturated rings. The molecule has 14 heteroatoms. The van der Waals surface area contributed by atoms with Gasteiger partial charge >= 0.3 is 35.8 Å². The molecule has 0 aromatic heterocycles. The summed E-state index contributed by atoms with van der Waals surface area (Å²) in [5.74, 6) is -2.50. The lowest BCUT2D eigenvalue weighted by molar-refractivity contribution is 0.0425. The molecule has 0 spiro atoms. The number of esters is 6. The molecule has 6 aromatic carbocycles. The zero-order valence-corrected chi connectivity index (χ0v) is 29.3. The van der Waals surface area contributed by atoms with Crippen molar-refractivity contribution >= 4 is 58.9 Å². The van der Waals surface area contributed by atoms with Gasteiger partial charge in [-0.25, -0.2) is 28.8 Å². The molecule has 0 amide bonds. The average molecular weight is 765 g/mol. The van der Waals surface area contributed by atoms with Crippen molar-refractivity contribution in [2.24, 2.45) is 0 Å². The number of hydrogen-bond acceptors (Lipinski definition) is 13. The van der Waals surface area contributed by atoms with Gasteiger partial charge in [-0.05, 0) is 127 Å². The highest BCUT2D eigenvalue weighted by Crippen LogP contribution is 2.44. The fraction of sp³-hybridized carbons (Fsp3) is 0. The van der Waals surface area contributed by atoms with Gasteiger partial charge in [-0.2, -0.15) is 0 Å². The van der Waals surface area contributed by atoms with Crippen LogP contribution in [-0.2, 0) is 18.8 Å². The summed E-state index contributed by atoms with van der Waals surface area (Å²) < 4.78 is 47.3. The molecule has 3 heterocycles. The molecule has 0 atom stereocenters. The second-order valence-electron chi connectivity index (χ2n) is 12.6. The van der Waals surface area contributed by atoms with E-state index in [9.17, 15) is 28.8 Å². The molecule has 0 aliphatic carbocycles. The SMILES string of the molecule is O=C1OC(=O)c2cc(Oc3ccc(P(=O)(c4ccc(Oc5ccc6c(c5)C(=O)OC6=O)cc4)c4ccc(Oc5ccc6c(c5)C(=O)OC6=O)cc4)cc3)ccc21. The van der Waals surface area contributed by atoms with Gasteiger partial charge in [-0.1, -0.05) is 0 Å². The van der Waals surface area contributed by atoms with Crippen molar-refractivity contribution in [1.82, 2.24) is 0 Å². The number of benzene rings is 6. The van der Waals surface area contributed by atoms with Crippen LogP contribution in [-0.4, -0.2) is 35.8 Å². The molecule has 56 heavy (non-hydrogen) atoms. The predicted octanol–water partition coefficient (Wildman–Crippen LogP) is 6.63. The van der Waals surface area contributed by atoms with Crippen molar-refractivity contribution in [1.29, 1.82) is 0 Å². The van der Waals surface area contributed by atoms with Crippen LogP contribution in [0.15, 0.2) is 127 Å². The smallest absolute Gasteiger partial charge is 0.347 e. The van der Waals surface area contributed by atoms with Crippen molar-refractivity contribution in [3.8, 4) is 34.5 Å². The summed E-state index contributed by atoms with van der Waals surface area (Å²) in [7, 11) is -3.62. The van der Waals surface area contributed by atoms with E-state index in [2.05, 4.69) is 14.2 Å². The first-order valence-electron chi connectivity index (χ1n) is 16.7. The van der Waals surface area contributed by atoms with Crippen LogP contribution >= 0.6 is 7.14 Å². The first-order valence-corrected chi connectivity index (χ1v) is 18.4. The van der Waals surface area contributed by atoms with Crippen LogP contribution in [0.4, 0.5) is 0 Å². The Labute approximate surface area is 315 Å². The Bertz CT molecular complexity index is 2470. The summed E-state index contributed by atoms with van der Waals surface area (Å²) in [6.45, 7) is 0. The van der Waals surface area contributed by atoms with Crippen LogP contribution in [0.25, 0.3) is 0 Å². The third-order valence-corrected chi connectivity index (χ3v) is 12.2. The lowest BCUT2D eigenvalue weighted by atomic mass is 10.1. The largest absolute Gasteiger partial charge is 0.457 e. The maximum atomic E-state index is 15.4. The van der Waals surface area contributed by atoms with Gasteiger partial charge in [0, 0.05) is 15.9 Å². The third-order valence-electron chi connectivity index (χ3n) is 9.16. The molecule has 0 N–H and O–H groups in total. The van der Waals surface area contributed by atoms with Gasteiger partial charge < -0.3 is 33.0 Å². The highest BCUT2D eigenvalue weighted by molar-refractivity contribution is 7.85. The first kappa shape index (κ1) is 34.2. The van der Waals surface area contributed by atoms with Gasteiger partial charge in [0.05, 0.1) is 33.4 Å². The Morgan fingerprint density at radius 1 is 0.304 bits per heavy atom. The van der Waals surface area contributed by atoms with E-state index >= 15 is 4.57 Å². The molecule has 0 saturated heterocycles. The molecule has 13 nitrogen and oxygen atoms in total. The lowest BCUT2D eigenvalue weighted by Gasteiger charge is -2.21. The molecule has 0 radical (unpaired) electrons. The molecule has 3 aliphatic rings. The fourth-order valence-corrected chi connectivity index (χ4v) is 9.01. The van der Waals surface area contributed by atoms with Crippen molar-refractivity contribution < 1.29 is 61.8 Å². The van der Waals surface area contributed by atoms with E-state index in [0.29, 0.717) is 33.2 Å². The van der Waals surface area contributed by atoms with Gasteiger partial charge in [0.2, 0.25) is 0 Å². The van der Waals surface area contributed by atoms with Crippen LogP contribution < -0.4 is 30.1 Å². The van der Waals surface area contributed by atoms with Crippen LogP contribution in [0, 0.1) is 0 Å². The Balaban J connectivity index is 1.02. The summed E-state index contributed by atoms with van der Waals surface area (Å²) >= 11 is 0. The molecule has 6 aromatic rings. The van der Waals surface area contributed by atoms with E-state index in [0.717, 1.165) is 0 Å². The van der Waals surface area contributed by atoms with E-state index in [-0.39, 0.29) is 50.6 Å². The van der Waals surface area contributed by atoms with Crippen molar-refractivity contribution in [2.45, 2.75) is 0 Å². The summed E-state index contributed by atoms with van der Waals surface area (Å²) in [5, 5.41) is 1.33. The molecular formula is C42H21O13P. The highest BCUT2D eigenvalue weighted by Gasteiger charge is 2.33. The Morgan fingerprint density at radius 3 is 0.804 bits per heavy atom. The minimum Gasteiger partial charge on any atom is -0.457 e. The number of rotatable bonds is 9. The van der Waals surface area contributed by atoms with E-state index < -0.39 is 43.0 Å². The van der Waals surface area contributed by atoms with Gasteiger partial charge in [-0.3, -0.25) is 0 Å². The molecule has 9 rings (SSSR count).